The SMILES string of the molecule is COc1ccc(-c2nc(-c3cccc(N(C)C)c3)[nH]c2C(=O)Nc2nccs2)cc1. The minimum Gasteiger partial charge on any atom is -0.497 e. The van der Waals surface area contributed by atoms with Crippen LogP contribution in [0.3, 0.4) is 0 Å². The molecular weight excluding hydrogens is 398 g/mol. The van der Waals surface area contributed by atoms with Crippen molar-refractivity contribution in [3.8, 4) is 28.4 Å². The van der Waals surface area contributed by atoms with Gasteiger partial charge in [-0.25, -0.2) is 9.97 Å². The Morgan fingerprint density at radius 1 is 1.13 bits per heavy atom. The highest BCUT2D eigenvalue weighted by atomic mass is 32.1. The molecule has 0 atom stereocenters. The molecule has 4 rings (SSSR count). The first-order valence-electron chi connectivity index (χ1n) is 9.28. The van der Waals surface area contributed by atoms with Gasteiger partial charge >= 0.3 is 0 Å². The monoisotopic (exact) mass is 419 g/mol. The molecule has 0 spiro atoms. The van der Waals surface area contributed by atoms with Crippen molar-refractivity contribution in [1.29, 1.82) is 0 Å². The van der Waals surface area contributed by atoms with Gasteiger partial charge in [-0.15, -0.1) is 11.3 Å². The van der Waals surface area contributed by atoms with Crippen molar-refractivity contribution < 1.29 is 9.53 Å². The van der Waals surface area contributed by atoms with Crippen molar-refractivity contribution in [2.24, 2.45) is 0 Å². The molecule has 1 amide bonds. The van der Waals surface area contributed by atoms with Gasteiger partial charge in [0.2, 0.25) is 0 Å². The van der Waals surface area contributed by atoms with Crippen molar-refractivity contribution >= 4 is 28.1 Å². The van der Waals surface area contributed by atoms with Crippen LogP contribution >= 0.6 is 11.3 Å². The molecule has 4 aromatic rings. The number of aromatic amines is 1. The molecule has 0 saturated heterocycles. The van der Waals surface area contributed by atoms with Gasteiger partial charge in [0.15, 0.2) is 5.13 Å². The Kier molecular flexibility index (Phi) is 5.49. The third-order valence-electron chi connectivity index (χ3n) is 4.58. The number of anilines is 2. The number of amides is 1. The van der Waals surface area contributed by atoms with Gasteiger partial charge < -0.3 is 14.6 Å². The molecular formula is C22H21N5O2S. The van der Waals surface area contributed by atoms with Crippen LogP contribution in [0.5, 0.6) is 5.75 Å². The molecule has 8 heteroatoms. The van der Waals surface area contributed by atoms with Crippen LogP contribution in [-0.2, 0) is 0 Å². The first kappa shape index (κ1) is 19.7. The Balaban J connectivity index is 1.78. The maximum Gasteiger partial charge on any atom is 0.276 e. The number of thiazole rings is 1. The van der Waals surface area contributed by atoms with E-state index in [-0.39, 0.29) is 5.91 Å². The lowest BCUT2D eigenvalue weighted by molar-refractivity contribution is 0.102. The summed E-state index contributed by atoms with van der Waals surface area (Å²) >= 11 is 1.36. The number of rotatable bonds is 6. The number of hydrogen-bond donors (Lipinski definition) is 2. The summed E-state index contributed by atoms with van der Waals surface area (Å²) < 4.78 is 5.24. The van der Waals surface area contributed by atoms with Crippen LogP contribution in [0.4, 0.5) is 10.8 Å². The van der Waals surface area contributed by atoms with E-state index >= 15 is 0 Å². The molecule has 152 valence electrons. The Hall–Kier alpha value is -3.65. The maximum atomic E-state index is 13.0. The molecule has 7 nitrogen and oxygen atoms in total. The largest absolute Gasteiger partial charge is 0.497 e. The van der Waals surface area contributed by atoms with E-state index in [1.807, 2.05) is 72.9 Å². The summed E-state index contributed by atoms with van der Waals surface area (Å²) in [4.78, 5) is 27.1. The molecule has 0 aliphatic carbocycles. The highest BCUT2D eigenvalue weighted by Gasteiger charge is 2.20. The maximum absolute atomic E-state index is 13.0. The quantitative estimate of drug-likeness (QED) is 0.480. The van der Waals surface area contributed by atoms with Gasteiger partial charge in [0.1, 0.15) is 23.0 Å². The molecule has 0 unspecified atom stereocenters. The number of imidazole rings is 1. The van der Waals surface area contributed by atoms with E-state index in [1.54, 1.807) is 13.3 Å². The van der Waals surface area contributed by atoms with E-state index in [4.69, 9.17) is 9.72 Å². The Labute approximate surface area is 178 Å². The molecule has 2 heterocycles. The lowest BCUT2D eigenvalue weighted by Gasteiger charge is -2.12. The first-order chi connectivity index (χ1) is 14.5. The number of methoxy groups -OCH3 is 1. The number of nitrogens with zero attached hydrogens (tertiary/aromatic N) is 3. The van der Waals surface area contributed by atoms with Gasteiger partial charge in [0, 0.05) is 42.5 Å². The second kappa shape index (κ2) is 8.38. The minimum absolute atomic E-state index is 0.293. The summed E-state index contributed by atoms with van der Waals surface area (Å²) in [5.41, 5.74) is 3.69. The summed E-state index contributed by atoms with van der Waals surface area (Å²) in [6, 6.07) is 15.4. The fourth-order valence-electron chi connectivity index (χ4n) is 3.01. The van der Waals surface area contributed by atoms with Gasteiger partial charge in [-0.1, -0.05) is 12.1 Å². The van der Waals surface area contributed by atoms with Crippen LogP contribution in [0.15, 0.2) is 60.1 Å². The van der Waals surface area contributed by atoms with Crippen LogP contribution in [-0.4, -0.2) is 42.1 Å². The average molecular weight is 420 g/mol. The number of hydrogen-bond acceptors (Lipinski definition) is 6. The van der Waals surface area contributed by atoms with E-state index in [0.717, 1.165) is 22.6 Å². The van der Waals surface area contributed by atoms with E-state index in [1.165, 1.54) is 11.3 Å². The van der Waals surface area contributed by atoms with Crippen molar-refractivity contribution in [1.82, 2.24) is 15.0 Å². The normalized spacial score (nSPS) is 10.6. The predicted molar refractivity (Wildman–Crippen MR) is 120 cm³/mol. The van der Waals surface area contributed by atoms with Crippen LogP contribution in [0.25, 0.3) is 22.6 Å². The summed E-state index contributed by atoms with van der Waals surface area (Å²) in [6.07, 6.45) is 1.65. The number of nitrogens with one attached hydrogen (secondary N) is 2. The standard InChI is InChI=1S/C22H21N5O2S/c1-27(2)16-6-4-5-15(13-16)20-24-18(14-7-9-17(29-3)10-8-14)19(25-20)21(28)26-22-23-11-12-30-22/h4-13H,1-3H3,(H,24,25)(H,23,26,28). The zero-order valence-electron chi connectivity index (χ0n) is 16.8. The van der Waals surface area contributed by atoms with Crippen LogP contribution in [0.1, 0.15) is 10.5 Å². The fraction of sp³-hybridized carbons (Fsp3) is 0.136. The highest BCUT2D eigenvalue weighted by molar-refractivity contribution is 7.13. The van der Waals surface area contributed by atoms with Crippen molar-refractivity contribution in [3.63, 3.8) is 0 Å². The van der Waals surface area contributed by atoms with E-state index in [0.29, 0.717) is 22.3 Å². The number of carbonyl (C=O) groups excluding carboxylic acids is 1. The van der Waals surface area contributed by atoms with Crippen molar-refractivity contribution in [3.05, 3.63) is 65.8 Å². The summed E-state index contributed by atoms with van der Waals surface area (Å²) in [5, 5.41) is 5.17. The van der Waals surface area contributed by atoms with Gasteiger partial charge in [-0.2, -0.15) is 0 Å². The molecule has 0 fully saturated rings. The lowest BCUT2D eigenvalue weighted by atomic mass is 10.1. The molecule has 2 aromatic carbocycles. The number of aromatic nitrogens is 3. The minimum atomic E-state index is -0.293. The Morgan fingerprint density at radius 3 is 2.60 bits per heavy atom. The molecule has 2 aromatic heterocycles. The molecule has 0 saturated carbocycles. The van der Waals surface area contributed by atoms with Gasteiger partial charge in [0.25, 0.3) is 5.91 Å². The third-order valence-corrected chi connectivity index (χ3v) is 5.27. The number of carbonyl (C=O) groups is 1. The first-order valence-corrected chi connectivity index (χ1v) is 10.2. The van der Waals surface area contributed by atoms with Gasteiger partial charge in [0.05, 0.1) is 7.11 Å². The molecule has 0 aliphatic rings. The van der Waals surface area contributed by atoms with Crippen LogP contribution < -0.4 is 15.0 Å². The van der Waals surface area contributed by atoms with E-state index in [2.05, 4.69) is 15.3 Å². The smallest absolute Gasteiger partial charge is 0.276 e. The third kappa shape index (κ3) is 4.04. The second-order valence-corrected chi connectivity index (χ2v) is 7.67. The molecule has 2 N–H and O–H groups in total. The highest BCUT2D eigenvalue weighted by Crippen LogP contribution is 2.29. The summed E-state index contributed by atoms with van der Waals surface area (Å²) in [5.74, 6) is 1.06. The lowest BCUT2D eigenvalue weighted by Crippen LogP contribution is -2.13. The topological polar surface area (TPSA) is 83.1 Å². The van der Waals surface area contributed by atoms with Crippen LogP contribution in [0.2, 0.25) is 0 Å². The molecule has 0 aliphatic heterocycles. The molecule has 0 radical (unpaired) electrons. The molecule has 0 bridgehead atoms. The fourth-order valence-corrected chi connectivity index (χ4v) is 3.53. The Morgan fingerprint density at radius 2 is 1.93 bits per heavy atom. The summed E-state index contributed by atoms with van der Waals surface area (Å²) in [6.45, 7) is 0. The van der Waals surface area contributed by atoms with E-state index in [9.17, 15) is 4.79 Å². The zero-order chi connectivity index (χ0) is 21.1. The van der Waals surface area contributed by atoms with Crippen molar-refractivity contribution in [2.75, 3.05) is 31.4 Å². The van der Waals surface area contributed by atoms with Crippen molar-refractivity contribution in [2.45, 2.75) is 0 Å². The number of benzene rings is 2. The van der Waals surface area contributed by atoms with E-state index < -0.39 is 0 Å². The zero-order valence-corrected chi connectivity index (χ0v) is 17.7. The van der Waals surface area contributed by atoms with Gasteiger partial charge in [-0.3, -0.25) is 10.1 Å². The second-order valence-electron chi connectivity index (χ2n) is 6.77. The average Bonchev–Trinajstić information content (AvgIpc) is 3.44. The van der Waals surface area contributed by atoms with Gasteiger partial charge in [-0.05, 0) is 36.4 Å². The Bertz CT molecular complexity index is 1150. The summed E-state index contributed by atoms with van der Waals surface area (Å²) in [7, 11) is 5.58. The number of ether oxygens (including phenoxy) is 1. The molecule has 30 heavy (non-hydrogen) atoms. The number of H-pyrrole nitrogens is 1. The van der Waals surface area contributed by atoms with Crippen LogP contribution in [0, 0.1) is 0 Å². The predicted octanol–water partition coefficient (Wildman–Crippen LogP) is 4.53.